The molecule has 0 saturated carbocycles. The minimum absolute atomic E-state index is 0.207. The molecular formula is C19H12N2O8S2. The van der Waals surface area contributed by atoms with Crippen LogP contribution in [-0.4, -0.2) is 35.9 Å². The van der Waals surface area contributed by atoms with Crippen LogP contribution in [0.25, 0.3) is 33.3 Å². The lowest BCUT2D eigenvalue weighted by Crippen LogP contribution is -1.97. The van der Waals surface area contributed by atoms with Crippen LogP contribution in [-0.2, 0) is 20.2 Å². The van der Waals surface area contributed by atoms with Crippen molar-refractivity contribution in [3.63, 3.8) is 0 Å². The summed E-state index contributed by atoms with van der Waals surface area (Å²) in [4.78, 5) is 8.05. The molecule has 0 bridgehead atoms. The van der Waals surface area contributed by atoms with Crippen molar-refractivity contribution < 1.29 is 34.8 Å². The quantitative estimate of drug-likeness (QED) is 0.432. The van der Waals surface area contributed by atoms with E-state index in [1.165, 1.54) is 36.4 Å². The molecule has 4 aromatic rings. The largest absolute Gasteiger partial charge is 0.436 e. The normalized spacial score (nSPS) is 14.9. The van der Waals surface area contributed by atoms with Gasteiger partial charge in [0.1, 0.15) is 11.0 Å². The van der Waals surface area contributed by atoms with Crippen molar-refractivity contribution in [3.05, 3.63) is 60.3 Å². The summed E-state index contributed by atoms with van der Waals surface area (Å²) in [5.74, 6) is 0.553. The standard InChI is InChI=1S/C19H12N2O8S2/c22-30(23,24)12-4-6-16-15(8-12)21-19(28-16)11-2-1-10(7-11)18-20-14-5-3-13(31(25,26)27)9-17(14)29-18/h1-6,8-9H,7H2,(H,22,23,24)(H,25,26,27). The molecule has 0 unspecified atom stereocenters. The van der Waals surface area contributed by atoms with E-state index >= 15 is 0 Å². The molecule has 0 saturated heterocycles. The number of benzene rings is 2. The van der Waals surface area contributed by atoms with Crippen LogP contribution < -0.4 is 0 Å². The average Bonchev–Trinajstić information content (AvgIpc) is 3.41. The number of fused-ring (bicyclic) bond motifs is 2. The monoisotopic (exact) mass is 460 g/mol. The van der Waals surface area contributed by atoms with Gasteiger partial charge in [-0.05, 0) is 30.3 Å². The number of oxazole rings is 2. The molecular weight excluding hydrogens is 448 g/mol. The second-order valence-corrected chi connectivity index (χ2v) is 9.65. The summed E-state index contributed by atoms with van der Waals surface area (Å²) in [6.07, 6.45) is 3.86. The molecule has 2 aromatic heterocycles. The van der Waals surface area contributed by atoms with Gasteiger partial charge >= 0.3 is 0 Å². The summed E-state index contributed by atoms with van der Waals surface area (Å²) in [5, 5.41) is 0. The van der Waals surface area contributed by atoms with Crippen LogP contribution in [0.2, 0.25) is 0 Å². The van der Waals surface area contributed by atoms with Crippen molar-refractivity contribution >= 4 is 53.6 Å². The summed E-state index contributed by atoms with van der Waals surface area (Å²) in [6.45, 7) is 0. The second-order valence-electron chi connectivity index (χ2n) is 6.81. The molecule has 31 heavy (non-hydrogen) atoms. The predicted molar refractivity (Wildman–Crippen MR) is 108 cm³/mol. The van der Waals surface area contributed by atoms with Gasteiger partial charge < -0.3 is 8.83 Å². The fraction of sp³-hybridized carbons (Fsp3) is 0.0526. The van der Waals surface area contributed by atoms with E-state index < -0.39 is 20.2 Å². The van der Waals surface area contributed by atoms with Gasteiger partial charge in [0.15, 0.2) is 11.2 Å². The van der Waals surface area contributed by atoms with Crippen molar-refractivity contribution in [2.45, 2.75) is 16.2 Å². The molecule has 10 nitrogen and oxygen atoms in total. The molecule has 0 atom stereocenters. The van der Waals surface area contributed by atoms with Crippen molar-refractivity contribution in [2.75, 3.05) is 0 Å². The fourth-order valence-corrected chi connectivity index (χ4v) is 4.22. The van der Waals surface area contributed by atoms with E-state index in [1.54, 1.807) is 12.2 Å². The zero-order valence-electron chi connectivity index (χ0n) is 15.4. The highest BCUT2D eigenvalue weighted by Crippen LogP contribution is 2.36. The van der Waals surface area contributed by atoms with E-state index in [4.69, 9.17) is 8.83 Å². The number of allylic oxidation sites excluding steroid dienone is 4. The van der Waals surface area contributed by atoms with E-state index in [0.717, 1.165) is 0 Å². The third-order valence-corrected chi connectivity index (χ3v) is 6.43. The molecule has 5 rings (SSSR count). The van der Waals surface area contributed by atoms with Crippen LogP contribution >= 0.6 is 0 Å². The molecule has 12 heteroatoms. The molecule has 1 aliphatic rings. The number of hydrogen-bond donors (Lipinski definition) is 2. The number of hydrogen-bond acceptors (Lipinski definition) is 8. The van der Waals surface area contributed by atoms with E-state index in [0.29, 0.717) is 28.7 Å². The van der Waals surface area contributed by atoms with Gasteiger partial charge in [-0.25, -0.2) is 9.97 Å². The van der Waals surface area contributed by atoms with Crippen molar-refractivity contribution in [1.29, 1.82) is 0 Å². The van der Waals surface area contributed by atoms with Crippen LogP contribution in [0.15, 0.2) is 67.2 Å². The highest BCUT2D eigenvalue weighted by molar-refractivity contribution is 7.86. The lowest BCUT2D eigenvalue weighted by atomic mass is 10.1. The summed E-state index contributed by atoms with van der Waals surface area (Å²) < 4.78 is 74.9. The predicted octanol–water partition coefficient (Wildman–Crippen LogP) is 3.33. The average molecular weight is 460 g/mol. The Balaban J connectivity index is 1.43. The van der Waals surface area contributed by atoms with Gasteiger partial charge in [0.05, 0.1) is 9.79 Å². The zero-order valence-corrected chi connectivity index (χ0v) is 17.0. The molecule has 0 aliphatic heterocycles. The SMILES string of the molecule is O=S(=O)(O)c1ccc2oc(C3=CC=C(c4nc5ccc(S(=O)(=O)O)cc5o4)C3)nc2c1. The Bertz CT molecular complexity index is 1530. The van der Waals surface area contributed by atoms with Crippen LogP contribution in [0.4, 0.5) is 0 Å². The molecule has 0 spiro atoms. The Kier molecular flexibility index (Phi) is 4.17. The maximum absolute atomic E-state index is 11.3. The molecule has 1 aliphatic carbocycles. The zero-order chi connectivity index (χ0) is 22.0. The third kappa shape index (κ3) is 3.55. The van der Waals surface area contributed by atoms with E-state index in [1.807, 2.05) is 0 Å². The molecule has 0 fully saturated rings. The lowest BCUT2D eigenvalue weighted by molar-refractivity contribution is 0.481. The van der Waals surface area contributed by atoms with Gasteiger partial charge in [-0.3, -0.25) is 9.11 Å². The summed E-state index contributed by atoms with van der Waals surface area (Å²) in [5.41, 5.74) is 2.66. The van der Waals surface area contributed by atoms with Gasteiger partial charge in [-0.2, -0.15) is 16.8 Å². The Hall–Kier alpha value is -3.32. The van der Waals surface area contributed by atoms with Gasteiger partial charge in [0, 0.05) is 23.6 Å². The summed E-state index contributed by atoms with van der Waals surface area (Å²) in [6, 6.07) is 7.71. The first-order valence-corrected chi connectivity index (χ1v) is 11.6. The van der Waals surface area contributed by atoms with Crippen molar-refractivity contribution in [1.82, 2.24) is 9.97 Å². The molecule has 2 aromatic carbocycles. The van der Waals surface area contributed by atoms with Crippen LogP contribution in [0, 0.1) is 0 Å². The summed E-state index contributed by atoms with van der Waals surface area (Å²) >= 11 is 0. The van der Waals surface area contributed by atoms with Gasteiger partial charge in [0.2, 0.25) is 11.8 Å². The highest BCUT2D eigenvalue weighted by atomic mass is 32.2. The molecule has 0 radical (unpaired) electrons. The van der Waals surface area contributed by atoms with E-state index in [-0.39, 0.29) is 32.7 Å². The van der Waals surface area contributed by atoms with E-state index in [9.17, 15) is 25.9 Å². The van der Waals surface area contributed by atoms with Gasteiger partial charge in [-0.15, -0.1) is 0 Å². The minimum Gasteiger partial charge on any atom is -0.436 e. The fourth-order valence-electron chi connectivity index (χ4n) is 3.23. The number of nitrogens with zero attached hydrogens (tertiary/aromatic N) is 2. The van der Waals surface area contributed by atoms with Gasteiger partial charge in [0.25, 0.3) is 20.2 Å². The third-order valence-electron chi connectivity index (χ3n) is 4.73. The lowest BCUT2D eigenvalue weighted by Gasteiger charge is -1.98. The maximum Gasteiger partial charge on any atom is 0.294 e. The van der Waals surface area contributed by atoms with Gasteiger partial charge in [-0.1, -0.05) is 12.2 Å². The highest BCUT2D eigenvalue weighted by Gasteiger charge is 2.22. The Labute approximate surface area is 175 Å². The van der Waals surface area contributed by atoms with Crippen LogP contribution in [0.3, 0.4) is 0 Å². The minimum atomic E-state index is -4.36. The first kappa shape index (κ1) is 19.6. The smallest absolute Gasteiger partial charge is 0.294 e. The topological polar surface area (TPSA) is 161 Å². The molecule has 2 N–H and O–H groups in total. The molecule has 0 amide bonds. The summed E-state index contributed by atoms with van der Waals surface area (Å²) in [7, 11) is -8.72. The first-order valence-electron chi connectivity index (χ1n) is 8.74. The molecule has 2 heterocycles. The van der Waals surface area contributed by atoms with Crippen molar-refractivity contribution in [3.8, 4) is 0 Å². The molecule has 158 valence electrons. The Morgan fingerprint density at radius 2 is 1.26 bits per heavy atom. The first-order chi connectivity index (χ1) is 14.6. The van der Waals surface area contributed by atoms with Crippen LogP contribution in [0.5, 0.6) is 0 Å². The number of aromatic nitrogens is 2. The maximum atomic E-state index is 11.3. The second kappa shape index (κ2) is 6.59. The Morgan fingerprint density at radius 1 is 0.710 bits per heavy atom. The Morgan fingerprint density at radius 3 is 1.90 bits per heavy atom. The van der Waals surface area contributed by atoms with Crippen molar-refractivity contribution in [2.24, 2.45) is 0 Å². The van der Waals surface area contributed by atoms with Crippen LogP contribution in [0.1, 0.15) is 18.2 Å². The number of rotatable bonds is 4. The van der Waals surface area contributed by atoms with E-state index in [2.05, 4.69) is 9.97 Å².